The topological polar surface area (TPSA) is 61.4 Å². The first-order valence-electron chi connectivity index (χ1n) is 9.69. The van der Waals surface area contributed by atoms with Crippen LogP contribution in [0.2, 0.25) is 0 Å². The van der Waals surface area contributed by atoms with Crippen molar-refractivity contribution in [3.8, 4) is 0 Å². The number of rotatable bonds is 10. The van der Waals surface area contributed by atoms with E-state index in [9.17, 15) is 9.59 Å². The number of nitrogens with zero attached hydrogens (tertiary/aromatic N) is 1. The third-order valence-electron chi connectivity index (χ3n) is 4.56. The molecule has 0 aromatic rings. The lowest BCUT2D eigenvalue weighted by atomic mass is 10.0. The monoisotopic (exact) mass is 339 g/mol. The fraction of sp³-hybridized carbons (Fsp3) is 0.895. The lowest BCUT2D eigenvalue weighted by molar-refractivity contribution is -0.132. The second kappa shape index (κ2) is 11.5. The number of likely N-dealkylation sites (tertiary alicyclic amines) is 1. The number of unbranched alkanes of at least 4 members (excludes halogenated alkanes) is 2. The van der Waals surface area contributed by atoms with Crippen LogP contribution in [0, 0.1) is 5.92 Å². The molecule has 1 saturated heterocycles. The molecule has 0 bridgehead atoms. The molecule has 0 aromatic heterocycles. The third-order valence-corrected chi connectivity index (χ3v) is 4.56. The summed E-state index contributed by atoms with van der Waals surface area (Å²) in [5, 5.41) is 6.19. The van der Waals surface area contributed by atoms with Gasteiger partial charge in [0, 0.05) is 31.6 Å². The van der Waals surface area contributed by atoms with Crippen LogP contribution in [-0.2, 0) is 9.59 Å². The highest BCUT2D eigenvalue weighted by Crippen LogP contribution is 2.14. The van der Waals surface area contributed by atoms with Gasteiger partial charge < -0.3 is 15.5 Å². The minimum absolute atomic E-state index is 0.0543. The summed E-state index contributed by atoms with van der Waals surface area (Å²) in [5.74, 6) is 1.09. The van der Waals surface area contributed by atoms with Gasteiger partial charge in [0.05, 0.1) is 6.54 Å². The zero-order valence-corrected chi connectivity index (χ0v) is 16.1. The zero-order chi connectivity index (χ0) is 17.9. The molecule has 0 aromatic carbocycles. The Balaban J connectivity index is 2.13. The summed E-state index contributed by atoms with van der Waals surface area (Å²) >= 11 is 0. The maximum Gasteiger partial charge on any atom is 0.234 e. The van der Waals surface area contributed by atoms with E-state index in [1.165, 1.54) is 12.8 Å². The fourth-order valence-electron chi connectivity index (χ4n) is 3.01. The lowest BCUT2D eigenvalue weighted by Gasteiger charge is -2.32. The number of nitrogens with one attached hydrogen (secondary N) is 2. The summed E-state index contributed by atoms with van der Waals surface area (Å²) in [6.07, 6.45) is 7.04. The molecule has 0 radical (unpaired) electrons. The first kappa shape index (κ1) is 20.9. The van der Waals surface area contributed by atoms with Gasteiger partial charge in [-0.3, -0.25) is 9.59 Å². The Morgan fingerprint density at radius 2 is 1.71 bits per heavy atom. The Kier molecular flexibility index (Phi) is 9.99. The van der Waals surface area contributed by atoms with E-state index in [2.05, 4.69) is 24.5 Å². The SMILES string of the molecule is CC(C)CCCCCC(=O)N1CCC(NC(=O)CNC(C)C)CC1. The molecule has 1 heterocycles. The van der Waals surface area contributed by atoms with Crippen molar-refractivity contribution in [2.24, 2.45) is 5.92 Å². The van der Waals surface area contributed by atoms with Gasteiger partial charge in [-0.25, -0.2) is 0 Å². The largest absolute Gasteiger partial charge is 0.352 e. The Morgan fingerprint density at radius 1 is 1.04 bits per heavy atom. The summed E-state index contributed by atoms with van der Waals surface area (Å²) in [6.45, 7) is 10.5. The molecule has 1 rings (SSSR count). The fourth-order valence-corrected chi connectivity index (χ4v) is 3.01. The van der Waals surface area contributed by atoms with Gasteiger partial charge in [-0.05, 0) is 25.2 Å². The molecule has 5 nitrogen and oxygen atoms in total. The predicted molar refractivity (Wildman–Crippen MR) is 98.8 cm³/mol. The normalized spacial score (nSPS) is 16.0. The second-order valence-corrected chi connectivity index (χ2v) is 7.75. The summed E-state index contributed by atoms with van der Waals surface area (Å²) in [5.41, 5.74) is 0. The minimum atomic E-state index is 0.0543. The molecule has 1 fully saturated rings. The Bertz CT molecular complexity index is 375. The van der Waals surface area contributed by atoms with Crippen molar-refractivity contribution in [2.45, 2.75) is 84.7 Å². The van der Waals surface area contributed by atoms with Gasteiger partial charge in [0.25, 0.3) is 0 Å². The van der Waals surface area contributed by atoms with E-state index in [1.807, 2.05) is 18.7 Å². The summed E-state index contributed by atoms with van der Waals surface area (Å²) in [6, 6.07) is 0.525. The van der Waals surface area contributed by atoms with E-state index in [0.29, 0.717) is 19.0 Å². The molecule has 0 aliphatic carbocycles. The van der Waals surface area contributed by atoms with Gasteiger partial charge in [0.15, 0.2) is 0 Å². The molecule has 1 aliphatic rings. The summed E-state index contributed by atoms with van der Waals surface area (Å²) in [4.78, 5) is 26.0. The van der Waals surface area contributed by atoms with Crippen LogP contribution >= 0.6 is 0 Å². The van der Waals surface area contributed by atoms with Crippen LogP contribution in [-0.4, -0.2) is 48.4 Å². The molecule has 2 amide bonds. The maximum atomic E-state index is 12.2. The van der Waals surface area contributed by atoms with Crippen molar-refractivity contribution in [2.75, 3.05) is 19.6 Å². The smallest absolute Gasteiger partial charge is 0.234 e. The van der Waals surface area contributed by atoms with E-state index >= 15 is 0 Å². The second-order valence-electron chi connectivity index (χ2n) is 7.75. The summed E-state index contributed by atoms with van der Waals surface area (Å²) < 4.78 is 0. The molecule has 2 N–H and O–H groups in total. The van der Waals surface area contributed by atoms with Crippen molar-refractivity contribution in [1.29, 1.82) is 0 Å². The van der Waals surface area contributed by atoms with E-state index in [-0.39, 0.29) is 17.9 Å². The van der Waals surface area contributed by atoms with Gasteiger partial charge in [-0.15, -0.1) is 0 Å². The molecule has 0 spiro atoms. The molecular weight excluding hydrogens is 302 g/mol. The van der Waals surface area contributed by atoms with Gasteiger partial charge in [-0.1, -0.05) is 47.0 Å². The number of carbonyl (C=O) groups is 2. The van der Waals surface area contributed by atoms with Crippen LogP contribution in [0.15, 0.2) is 0 Å². The highest BCUT2D eigenvalue weighted by atomic mass is 16.2. The van der Waals surface area contributed by atoms with Crippen molar-refractivity contribution < 1.29 is 9.59 Å². The maximum absolute atomic E-state index is 12.2. The van der Waals surface area contributed by atoms with Gasteiger partial charge in [-0.2, -0.15) is 0 Å². The predicted octanol–water partition coefficient (Wildman–Crippen LogP) is 2.70. The van der Waals surface area contributed by atoms with E-state index < -0.39 is 0 Å². The van der Waals surface area contributed by atoms with Gasteiger partial charge >= 0.3 is 0 Å². The Labute approximate surface area is 147 Å². The van der Waals surface area contributed by atoms with E-state index in [0.717, 1.165) is 44.7 Å². The van der Waals surface area contributed by atoms with Crippen LogP contribution in [0.25, 0.3) is 0 Å². The average molecular weight is 340 g/mol. The highest BCUT2D eigenvalue weighted by Gasteiger charge is 2.23. The third kappa shape index (κ3) is 9.26. The number of hydrogen-bond donors (Lipinski definition) is 2. The Hall–Kier alpha value is -1.10. The van der Waals surface area contributed by atoms with Gasteiger partial charge in [0.1, 0.15) is 0 Å². The molecule has 140 valence electrons. The highest BCUT2D eigenvalue weighted by molar-refractivity contribution is 5.78. The molecule has 1 aliphatic heterocycles. The van der Waals surface area contributed by atoms with Crippen LogP contribution in [0.1, 0.15) is 72.6 Å². The number of carbonyl (C=O) groups excluding carboxylic acids is 2. The summed E-state index contributed by atoms with van der Waals surface area (Å²) in [7, 11) is 0. The number of amides is 2. The van der Waals surface area contributed by atoms with Crippen LogP contribution in [0.5, 0.6) is 0 Å². The molecular formula is C19H37N3O2. The zero-order valence-electron chi connectivity index (χ0n) is 16.1. The molecule has 0 unspecified atom stereocenters. The molecule has 0 atom stereocenters. The van der Waals surface area contributed by atoms with Crippen LogP contribution in [0.3, 0.4) is 0 Å². The Morgan fingerprint density at radius 3 is 2.29 bits per heavy atom. The number of hydrogen-bond acceptors (Lipinski definition) is 3. The molecule has 0 saturated carbocycles. The standard InChI is InChI=1S/C19H37N3O2/c1-15(2)8-6-5-7-9-19(24)22-12-10-17(11-13-22)21-18(23)14-20-16(3)4/h15-17,20H,5-14H2,1-4H3,(H,21,23). The molecule has 24 heavy (non-hydrogen) atoms. The lowest BCUT2D eigenvalue weighted by Crippen LogP contribution is -2.48. The molecule has 5 heteroatoms. The average Bonchev–Trinajstić information content (AvgIpc) is 2.53. The van der Waals surface area contributed by atoms with Crippen molar-refractivity contribution in [1.82, 2.24) is 15.5 Å². The number of piperidine rings is 1. The minimum Gasteiger partial charge on any atom is -0.352 e. The van der Waals surface area contributed by atoms with Crippen molar-refractivity contribution >= 4 is 11.8 Å². The first-order valence-corrected chi connectivity index (χ1v) is 9.69. The van der Waals surface area contributed by atoms with Crippen LogP contribution < -0.4 is 10.6 Å². The van der Waals surface area contributed by atoms with Crippen LogP contribution in [0.4, 0.5) is 0 Å². The van der Waals surface area contributed by atoms with Gasteiger partial charge in [0.2, 0.25) is 11.8 Å². The van der Waals surface area contributed by atoms with E-state index in [1.54, 1.807) is 0 Å². The van der Waals surface area contributed by atoms with E-state index in [4.69, 9.17) is 0 Å². The van der Waals surface area contributed by atoms with Crippen molar-refractivity contribution in [3.05, 3.63) is 0 Å². The van der Waals surface area contributed by atoms with Crippen molar-refractivity contribution in [3.63, 3.8) is 0 Å². The quantitative estimate of drug-likeness (QED) is 0.602. The first-order chi connectivity index (χ1) is 11.4.